The van der Waals surface area contributed by atoms with Crippen LogP contribution in [0.15, 0.2) is 132 Å². The standard InChI is InChI=1S/C36H30N12S2/c1-25-11-9-13-27(19-25)23-45-41-33(39-43-45)31-21-37-47(29-15-5-3-6-16-29)35(31)49-50-36-32(22-38-48(36)30-17-7-4-8-18-30)34-40-44-46(42-34)24-28-14-10-12-26(2)20-28/h3-22H,23-24H2,1-2H3. The van der Waals surface area contributed by atoms with Gasteiger partial charge in [-0.15, -0.1) is 20.4 Å². The molecule has 0 unspecified atom stereocenters. The molecule has 4 heterocycles. The van der Waals surface area contributed by atoms with Gasteiger partial charge in [0.05, 0.1) is 48.0 Å². The van der Waals surface area contributed by atoms with Gasteiger partial charge in [0.15, 0.2) is 0 Å². The van der Waals surface area contributed by atoms with E-state index in [9.17, 15) is 0 Å². The third-order valence-electron chi connectivity index (χ3n) is 7.85. The zero-order valence-electron chi connectivity index (χ0n) is 27.1. The van der Waals surface area contributed by atoms with Crippen molar-refractivity contribution in [3.8, 4) is 34.2 Å². The Hall–Kier alpha value is -5.86. The number of tetrazole rings is 2. The van der Waals surface area contributed by atoms with Gasteiger partial charge in [-0.2, -0.15) is 19.8 Å². The summed E-state index contributed by atoms with van der Waals surface area (Å²) in [5.74, 6) is 0.973. The van der Waals surface area contributed by atoms with Gasteiger partial charge >= 0.3 is 0 Å². The Labute approximate surface area is 295 Å². The Balaban J connectivity index is 1.15. The van der Waals surface area contributed by atoms with E-state index < -0.39 is 0 Å². The number of nitrogens with zero attached hydrogens (tertiary/aromatic N) is 12. The maximum Gasteiger partial charge on any atom is 0.209 e. The van der Waals surface area contributed by atoms with Crippen molar-refractivity contribution in [1.29, 1.82) is 0 Å². The molecule has 0 saturated heterocycles. The van der Waals surface area contributed by atoms with Gasteiger partial charge in [-0.25, -0.2) is 9.36 Å². The second-order valence-electron chi connectivity index (χ2n) is 11.7. The van der Waals surface area contributed by atoms with Gasteiger partial charge < -0.3 is 0 Å². The van der Waals surface area contributed by atoms with Crippen LogP contribution in [-0.2, 0) is 13.1 Å². The fraction of sp³-hybridized carbons (Fsp3) is 0.111. The first kappa shape index (κ1) is 31.4. The molecule has 0 bridgehead atoms. The number of benzene rings is 4. The van der Waals surface area contributed by atoms with E-state index in [2.05, 4.69) is 70.9 Å². The minimum absolute atomic E-state index is 0.487. The molecule has 0 aliphatic carbocycles. The highest BCUT2D eigenvalue weighted by Gasteiger charge is 2.24. The zero-order chi connectivity index (χ0) is 33.9. The van der Waals surface area contributed by atoms with E-state index >= 15 is 0 Å². The minimum atomic E-state index is 0.487. The Morgan fingerprint density at radius 2 is 0.960 bits per heavy atom. The van der Waals surface area contributed by atoms with Crippen LogP contribution in [-0.4, -0.2) is 60.0 Å². The van der Waals surface area contributed by atoms with Crippen LogP contribution < -0.4 is 0 Å². The molecule has 0 radical (unpaired) electrons. The quantitative estimate of drug-likeness (QED) is 0.133. The summed E-state index contributed by atoms with van der Waals surface area (Å²) in [4.78, 5) is 3.22. The van der Waals surface area contributed by atoms with Crippen molar-refractivity contribution >= 4 is 21.6 Å². The molecule has 0 spiro atoms. The lowest BCUT2D eigenvalue weighted by atomic mass is 10.1. The monoisotopic (exact) mass is 694 g/mol. The summed E-state index contributed by atoms with van der Waals surface area (Å²) in [6.07, 6.45) is 3.58. The maximum absolute atomic E-state index is 4.78. The van der Waals surface area contributed by atoms with Crippen LogP contribution in [0.4, 0.5) is 0 Å². The van der Waals surface area contributed by atoms with Crippen LogP contribution >= 0.6 is 21.6 Å². The fourth-order valence-electron chi connectivity index (χ4n) is 5.51. The van der Waals surface area contributed by atoms with Crippen molar-refractivity contribution in [2.75, 3.05) is 0 Å². The average molecular weight is 695 g/mol. The summed E-state index contributed by atoms with van der Waals surface area (Å²) >= 11 is 0. The molecular formula is C36H30N12S2. The molecule has 0 saturated carbocycles. The molecular weight excluding hydrogens is 665 g/mol. The van der Waals surface area contributed by atoms with E-state index in [1.54, 1.807) is 22.0 Å². The number of aromatic nitrogens is 12. The van der Waals surface area contributed by atoms with E-state index in [1.807, 2.05) is 82.2 Å². The fourth-order valence-corrected chi connectivity index (χ4v) is 8.02. The third-order valence-corrected chi connectivity index (χ3v) is 10.2. The van der Waals surface area contributed by atoms with Gasteiger partial charge in [0.2, 0.25) is 11.6 Å². The lowest BCUT2D eigenvalue weighted by molar-refractivity contribution is 0.572. The van der Waals surface area contributed by atoms with Gasteiger partial charge in [-0.1, -0.05) is 96.1 Å². The number of aryl methyl sites for hydroxylation is 2. The molecule has 0 atom stereocenters. The number of hydrogen-bond acceptors (Lipinski definition) is 10. The van der Waals surface area contributed by atoms with Crippen LogP contribution in [0.25, 0.3) is 34.2 Å². The highest BCUT2D eigenvalue weighted by Crippen LogP contribution is 2.45. The normalized spacial score (nSPS) is 11.3. The number of para-hydroxylation sites is 2. The third kappa shape index (κ3) is 6.70. The first-order valence-corrected chi connectivity index (χ1v) is 18.0. The topological polar surface area (TPSA) is 123 Å². The van der Waals surface area contributed by atoms with E-state index in [1.165, 1.54) is 32.7 Å². The summed E-state index contributed by atoms with van der Waals surface area (Å²) in [5, 5.41) is 38.4. The second-order valence-corrected chi connectivity index (χ2v) is 13.8. The first-order valence-electron chi connectivity index (χ1n) is 15.9. The lowest BCUT2D eigenvalue weighted by Gasteiger charge is -2.10. The summed E-state index contributed by atoms with van der Waals surface area (Å²) in [6.45, 7) is 5.16. The van der Waals surface area contributed by atoms with Crippen molar-refractivity contribution in [3.63, 3.8) is 0 Å². The predicted molar refractivity (Wildman–Crippen MR) is 193 cm³/mol. The average Bonchev–Trinajstić information content (AvgIpc) is 3.95. The van der Waals surface area contributed by atoms with Crippen LogP contribution in [0, 0.1) is 13.8 Å². The molecule has 12 nitrogen and oxygen atoms in total. The lowest BCUT2D eigenvalue weighted by Crippen LogP contribution is -2.04. The van der Waals surface area contributed by atoms with E-state index in [-0.39, 0.29) is 0 Å². The summed E-state index contributed by atoms with van der Waals surface area (Å²) in [6, 6.07) is 36.6. The highest BCUT2D eigenvalue weighted by molar-refractivity contribution is 8.76. The van der Waals surface area contributed by atoms with Crippen molar-refractivity contribution in [2.24, 2.45) is 0 Å². The van der Waals surface area contributed by atoms with Gasteiger partial charge in [0, 0.05) is 0 Å². The Kier molecular flexibility index (Phi) is 8.76. The molecule has 0 fully saturated rings. The summed E-state index contributed by atoms with van der Waals surface area (Å²) < 4.78 is 3.79. The Morgan fingerprint density at radius 1 is 0.520 bits per heavy atom. The second kappa shape index (κ2) is 13.9. The highest BCUT2D eigenvalue weighted by atomic mass is 33.1. The van der Waals surface area contributed by atoms with Gasteiger partial charge in [0.1, 0.15) is 10.1 Å². The molecule has 8 rings (SSSR count). The van der Waals surface area contributed by atoms with E-state index in [4.69, 9.17) is 20.4 Å². The van der Waals surface area contributed by atoms with E-state index in [0.717, 1.165) is 43.7 Å². The van der Waals surface area contributed by atoms with Crippen molar-refractivity contribution in [2.45, 2.75) is 37.0 Å². The maximum atomic E-state index is 4.78. The van der Waals surface area contributed by atoms with Gasteiger partial charge in [-0.05, 0) is 81.3 Å². The summed E-state index contributed by atoms with van der Waals surface area (Å²) in [5.41, 5.74) is 7.91. The molecule has 14 heteroatoms. The molecule has 0 amide bonds. The molecule has 50 heavy (non-hydrogen) atoms. The van der Waals surface area contributed by atoms with Crippen molar-refractivity contribution in [3.05, 3.63) is 144 Å². The van der Waals surface area contributed by atoms with Crippen LogP contribution in [0.3, 0.4) is 0 Å². The van der Waals surface area contributed by atoms with Gasteiger partial charge in [0.25, 0.3) is 0 Å². The molecule has 4 aromatic heterocycles. The summed E-state index contributed by atoms with van der Waals surface area (Å²) in [7, 11) is 3.06. The van der Waals surface area contributed by atoms with Crippen molar-refractivity contribution < 1.29 is 0 Å². The predicted octanol–water partition coefficient (Wildman–Crippen LogP) is 6.88. The Morgan fingerprint density at radius 3 is 1.38 bits per heavy atom. The Bertz CT molecular complexity index is 2210. The smallest absolute Gasteiger partial charge is 0.209 e. The molecule has 4 aromatic carbocycles. The van der Waals surface area contributed by atoms with Crippen LogP contribution in [0.1, 0.15) is 22.3 Å². The molecule has 0 aliphatic heterocycles. The SMILES string of the molecule is Cc1cccc(Cn2nnc(-c3cnn(-c4ccccc4)c3SSc3c(-c4nnn(Cc5cccc(C)c5)n4)cnn3-c3ccccc3)n2)c1. The van der Waals surface area contributed by atoms with Crippen LogP contribution in [0.5, 0.6) is 0 Å². The number of rotatable bonds is 11. The van der Waals surface area contributed by atoms with Crippen molar-refractivity contribution in [1.82, 2.24) is 60.0 Å². The minimum Gasteiger partial charge on any atom is -0.226 e. The van der Waals surface area contributed by atoms with E-state index in [0.29, 0.717) is 24.7 Å². The number of hydrogen-bond donors (Lipinski definition) is 0. The molecule has 8 aromatic rings. The molecule has 246 valence electrons. The molecule has 0 N–H and O–H groups in total. The largest absolute Gasteiger partial charge is 0.226 e. The van der Waals surface area contributed by atoms with Crippen LogP contribution in [0.2, 0.25) is 0 Å². The first-order chi connectivity index (χ1) is 24.6. The molecule has 0 aliphatic rings. The zero-order valence-corrected chi connectivity index (χ0v) is 28.8. The van der Waals surface area contributed by atoms with Gasteiger partial charge in [-0.3, -0.25) is 0 Å².